The van der Waals surface area contributed by atoms with Gasteiger partial charge in [-0.3, -0.25) is 4.79 Å². The first-order chi connectivity index (χ1) is 13.0. The second-order valence-corrected chi connectivity index (χ2v) is 5.94. The fraction of sp³-hybridized carbons (Fsp3) is 0.200. The molecule has 3 rings (SSSR count). The van der Waals surface area contributed by atoms with E-state index in [-0.39, 0.29) is 11.6 Å². The zero-order valence-electron chi connectivity index (χ0n) is 15.5. The Balaban J connectivity index is 2.13. The first-order valence-electron chi connectivity index (χ1n) is 8.22. The predicted molar refractivity (Wildman–Crippen MR) is 102 cm³/mol. The van der Waals surface area contributed by atoms with Gasteiger partial charge in [-0.1, -0.05) is 17.7 Å². The van der Waals surface area contributed by atoms with Gasteiger partial charge in [0, 0.05) is 17.0 Å². The number of rotatable bonds is 5. The molecule has 0 bridgehead atoms. The second-order valence-electron chi connectivity index (χ2n) is 5.94. The lowest BCUT2D eigenvalue weighted by Gasteiger charge is -2.09. The molecule has 1 heterocycles. The third-order valence-electron chi connectivity index (χ3n) is 4.21. The Morgan fingerprint density at radius 3 is 2.33 bits per heavy atom. The van der Waals surface area contributed by atoms with E-state index >= 15 is 0 Å². The van der Waals surface area contributed by atoms with Crippen LogP contribution in [0.25, 0.3) is 10.9 Å². The predicted octanol–water partition coefficient (Wildman–Crippen LogP) is 3.53. The van der Waals surface area contributed by atoms with Crippen molar-refractivity contribution in [3.63, 3.8) is 0 Å². The molecule has 0 aliphatic rings. The van der Waals surface area contributed by atoms with E-state index in [0.29, 0.717) is 33.7 Å². The van der Waals surface area contributed by atoms with Crippen LogP contribution in [0.1, 0.15) is 26.4 Å². The number of carbonyl (C=O) groups excluding carboxylic acids is 2. The summed E-state index contributed by atoms with van der Waals surface area (Å²) in [5.74, 6) is 0.0499. The number of hydrogen-bond donors (Lipinski definition) is 2. The summed E-state index contributed by atoms with van der Waals surface area (Å²) in [6.07, 6.45) is 0. The molecule has 0 saturated carbocycles. The van der Waals surface area contributed by atoms with Gasteiger partial charge in [0.1, 0.15) is 5.69 Å². The van der Waals surface area contributed by atoms with Gasteiger partial charge < -0.3 is 24.5 Å². The minimum absolute atomic E-state index is 0.142. The maximum atomic E-state index is 12.7. The molecule has 0 unspecified atom stereocenters. The molecule has 3 aromatic rings. The van der Waals surface area contributed by atoms with Crippen LogP contribution in [-0.2, 0) is 4.74 Å². The number of benzene rings is 2. The van der Waals surface area contributed by atoms with Crippen molar-refractivity contribution in [2.24, 2.45) is 0 Å². The topological polar surface area (TPSA) is 89.7 Å². The average Bonchev–Trinajstić information content (AvgIpc) is 3.03. The van der Waals surface area contributed by atoms with Gasteiger partial charge in [-0.25, -0.2) is 4.79 Å². The highest BCUT2D eigenvalue weighted by atomic mass is 16.5. The molecule has 1 aromatic heterocycles. The zero-order valence-corrected chi connectivity index (χ0v) is 15.5. The van der Waals surface area contributed by atoms with Crippen molar-refractivity contribution < 1.29 is 23.8 Å². The number of H-pyrrole nitrogens is 1. The van der Waals surface area contributed by atoms with E-state index in [0.717, 1.165) is 5.56 Å². The minimum Gasteiger partial charge on any atom is -0.493 e. The van der Waals surface area contributed by atoms with Crippen molar-refractivity contribution in [3.8, 4) is 11.5 Å². The lowest BCUT2D eigenvalue weighted by atomic mass is 10.1. The van der Waals surface area contributed by atoms with E-state index in [9.17, 15) is 9.59 Å². The summed E-state index contributed by atoms with van der Waals surface area (Å²) in [6, 6.07) is 10.6. The summed E-state index contributed by atoms with van der Waals surface area (Å²) < 4.78 is 15.5. The Morgan fingerprint density at radius 1 is 1.00 bits per heavy atom. The summed E-state index contributed by atoms with van der Waals surface area (Å²) in [6.45, 7) is 1.90. The first kappa shape index (κ1) is 18.3. The van der Waals surface area contributed by atoms with Gasteiger partial charge in [0.05, 0.1) is 32.5 Å². The first-order valence-corrected chi connectivity index (χ1v) is 8.22. The van der Waals surface area contributed by atoms with Crippen molar-refractivity contribution in [2.75, 3.05) is 26.6 Å². The molecule has 0 spiro atoms. The summed E-state index contributed by atoms with van der Waals surface area (Å²) in [7, 11) is 4.32. The van der Waals surface area contributed by atoms with Crippen molar-refractivity contribution in [1.29, 1.82) is 0 Å². The van der Waals surface area contributed by atoms with Gasteiger partial charge in [-0.15, -0.1) is 0 Å². The standard InChI is InChI=1S/C20H20N2O5/c1-11-6-5-7-12(8-11)19(23)22-17-13-9-15(25-2)16(26-3)10-14(13)21-18(17)20(24)27-4/h5-10,21H,1-4H3,(H,22,23). The fourth-order valence-electron chi connectivity index (χ4n) is 2.88. The number of methoxy groups -OCH3 is 3. The molecule has 7 heteroatoms. The number of nitrogens with one attached hydrogen (secondary N) is 2. The van der Waals surface area contributed by atoms with E-state index in [4.69, 9.17) is 14.2 Å². The molecule has 0 atom stereocenters. The monoisotopic (exact) mass is 368 g/mol. The van der Waals surface area contributed by atoms with Crippen LogP contribution in [0.4, 0.5) is 5.69 Å². The van der Waals surface area contributed by atoms with Crippen LogP contribution in [0.15, 0.2) is 36.4 Å². The molecule has 0 radical (unpaired) electrons. The normalized spacial score (nSPS) is 10.5. The van der Waals surface area contributed by atoms with Crippen LogP contribution in [0, 0.1) is 6.92 Å². The number of aryl methyl sites for hydroxylation is 1. The molecule has 1 amide bonds. The van der Waals surface area contributed by atoms with E-state index < -0.39 is 5.97 Å². The second kappa shape index (κ2) is 7.41. The summed E-state index contributed by atoms with van der Waals surface area (Å²) in [5.41, 5.74) is 2.52. The number of fused-ring (bicyclic) bond motifs is 1. The number of ether oxygens (including phenoxy) is 3. The molecule has 2 N–H and O–H groups in total. The van der Waals surface area contributed by atoms with E-state index in [1.807, 2.05) is 13.0 Å². The van der Waals surface area contributed by atoms with Crippen LogP contribution in [0.5, 0.6) is 11.5 Å². The Hall–Kier alpha value is -3.48. The van der Waals surface area contributed by atoms with Crippen molar-refractivity contribution in [3.05, 3.63) is 53.2 Å². The van der Waals surface area contributed by atoms with Gasteiger partial charge in [0.15, 0.2) is 11.5 Å². The highest BCUT2D eigenvalue weighted by Gasteiger charge is 2.22. The molecule has 0 saturated heterocycles. The number of amides is 1. The maximum Gasteiger partial charge on any atom is 0.356 e. The molecule has 2 aromatic carbocycles. The van der Waals surface area contributed by atoms with E-state index in [1.54, 1.807) is 30.3 Å². The zero-order chi connectivity index (χ0) is 19.6. The lowest BCUT2D eigenvalue weighted by Crippen LogP contribution is -2.15. The molecule has 0 aliphatic heterocycles. The molecule has 140 valence electrons. The average molecular weight is 368 g/mol. The number of aromatic nitrogens is 1. The minimum atomic E-state index is -0.594. The Bertz CT molecular complexity index is 1020. The Morgan fingerprint density at radius 2 is 1.70 bits per heavy atom. The molecular weight excluding hydrogens is 348 g/mol. The number of hydrogen-bond acceptors (Lipinski definition) is 5. The smallest absolute Gasteiger partial charge is 0.356 e. The van der Waals surface area contributed by atoms with Crippen LogP contribution in [0.2, 0.25) is 0 Å². The fourth-order valence-corrected chi connectivity index (χ4v) is 2.88. The summed E-state index contributed by atoms with van der Waals surface area (Å²) in [5, 5.41) is 3.42. The molecule has 0 aliphatic carbocycles. The van der Waals surface area contributed by atoms with Crippen molar-refractivity contribution in [1.82, 2.24) is 4.98 Å². The van der Waals surface area contributed by atoms with Crippen LogP contribution in [0.3, 0.4) is 0 Å². The maximum absolute atomic E-state index is 12.7. The van der Waals surface area contributed by atoms with Crippen LogP contribution >= 0.6 is 0 Å². The van der Waals surface area contributed by atoms with Gasteiger partial charge in [0.2, 0.25) is 0 Å². The van der Waals surface area contributed by atoms with Gasteiger partial charge in [-0.05, 0) is 25.1 Å². The SMILES string of the molecule is COC(=O)c1[nH]c2cc(OC)c(OC)cc2c1NC(=O)c1cccc(C)c1. The van der Waals surface area contributed by atoms with Gasteiger partial charge in [0.25, 0.3) is 5.91 Å². The quantitative estimate of drug-likeness (QED) is 0.673. The number of esters is 1. The van der Waals surface area contributed by atoms with Crippen LogP contribution in [-0.4, -0.2) is 38.2 Å². The lowest BCUT2D eigenvalue weighted by molar-refractivity contribution is 0.0596. The molecule has 0 fully saturated rings. The van der Waals surface area contributed by atoms with E-state index in [1.165, 1.54) is 21.3 Å². The third-order valence-corrected chi connectivity index (χ3v) is 4.21. The highest BCUT2D eigenvalue weighted by Crippen LogP contribution is 2.37. The molecule has 7 nitrogen and oxygen atoms in total. The van der Waals surface area contributed by atoms with Crippen LogP contribution < -0.4 is 14.8 Å². The summed E-state index contributed by atoms with van der Waals surface area (Å²) >= 11 is 0. The highest BCUT2D eigenvalue weighted by molar-refractivity contribution is 6.15. The largest absolute Gasteiger partial charge is 0.493 e. The number of anilines is 1. The number of carbonyl (C=O) groups is 2. The van der Waals surface area contributed by atoms with Crippen molar-refractivity contribution >= 4 is 28.5 Å². The summed E-state index contributed by atoms with van der Waals surface area (Å²) in [4.78, 5) is 27.9. The number of aromatic amines is 1. The Labute approximate surface area is 156 Å². The third kappa shape index (κ3) is 3.44. The van der Waals surface area contributed by atoms with Crippen molar-refractivity contribution in [2.45, 2.75) is 6.92 Å². The van der Waals surface area contributed by atoms with Gasteiger partial charge >= 0.3 is 5.97 Å². The van der Waals surface area contributed by atoms with E-state index in [2.05, 4.69) is 10.3 Å². The molecular formula is C20H20N2O5. The Kier molecular flexibility index (Phi) is 5.03. The molecule has 27 heavy (non-hydrogen) atoms. The van der Waals surface area contributed by atoms with Gasteiger partial charge in [-0.2, -0.15) is 0 Å².